The Bertz CT molecular complexity index is 401. The monoisotopic (exact) mass is 318 g/mol. The summed E-state index contributed by atoms with van der Waals surface area (Å²) in [7, 11) is 0. The normalized spacial score (nSPS) is 12.4. The van der Waals surface area contributed by atoms with Gasteiger partial charge in [-0.05, 0) is 18.4 Å². The number of nitro groups is 1. The van der Waals surface area contributed by atoms with Crippen LogP contribution < -0.4 is 5.32 Å². The minimum absolute atomic E-state index is 0.164. The summed E-state index contributed by atoms with van der Waals surface area (Å²) in [6, 6.07) is 5.00. The predicted octanol–water partition coefficient (Wildman–Crippen LogP) is 3.20. The molecule has 1 aromatic carbocycles. The number of nitrogens with one attached hydrogen (secondary N) is 1. The van der Waals surface area contributed by atoms with E-state index in [1.54, 1.807) is 23.9 Å². The third-order valence-corrected chi connectivity index (χ3v) is 3.85. The van der Waals surface area contributed by atoms with Crippen LogP contribution in [0.2, 0.25) is 0 Å². The predicted molar refractivity (Wildman–Crippen MR) is 75.5 cm³/mol. The van der Waals surface area contributed by atoms with Crippen LogP contribution in [0.3, 0.4) is 0 Å². The zero-order chi connectivity index (χ0) is 12.8. The molecule has 0 saturated heterocycles. The van der Waals surface area contributed by atoms with Crippen LogP contribution in [0.4, 0.5) is 5.69 Å². The molecule has 0 aliphatic rings. The zero-order valence-corrected chi connectivity index (χ0v) is 12.2. The maximum atomic E-state index is 10.8. The molecule has 6 heteroatoms. The van der Waals surface area contributed by atoms with Crippen LogP contribution in [0.25, 0.3) is 0 Å². The maximum Gasteiger partial charge on any atom is 0.273 e. The Balaban J connectivity index is 2.68. The van der Waals surface area contributed by atoms with Crippen molar-refractivity contribution < 1.29 is 4.92 Å². The Hall–Kier alpha value is -0.590. The molecule has 17 heavy (non-hydrogen) atoms. The lowest BCUT2D eigenvalue weighted by Gasteiger charge is -2.10. The standard InChI is InChI=1S/C11H15BrN2O2S/c1-8(17-2)6-13-7-9-5-10(12)3-4-11(9)14(15)16/h3-5,8,13H,6-7H2,1-2H3. The van der Waals surface area contributed by atoms with Crippen LogP contribution in [-0.2, 0) is 6.54 Å². The molecular formula is C11H15BrN2O2S. The number of nitro benzene ring substituents is 1. The van der Waals surface area contributed by atoms with Crippen molar-refractivity contribution in [1.29, 1.82) is 0 Å². The average molecular weight is 319 g/mol. The van der Waals surface area contributed by atoms with Crippen molar-refractivity contribution in [3.05, 3.63) is 38.3 Å². The second-order valence-corrected chi connectivity index (χ2v) is 5.90. The Morgan fingerprint density at radius 2 is 2.29 bits per heavy atom. The van der Waals surface area contributed by atoms with Crippen molar-refractivity contribution in [3.8, 4) is 0 Å². The van der Waals surface area contributed by atoms with Gasteiger partial charge in [0.1, 0.15) is 0 Å². The van der Waals surface area contributed by atoms with Gasteiger partial charge in [0.05, 0.1) is 4.92 Å². The molecule has 94 valence electrons. The lowest BCUT2D eigenvalue weighted by molar-refractivity contribution is -0.385. The van der Waals surface area contributed by atoms with Crippen molar-refractivity contribution in [1.82, 2.24) is 5.32 Å². The van der Waals surface area contributed by atoms with Crippen LogP contribution in [0.1, 0.15) is 12.5 Å². The zero-order valence-electron chi connectivity index (χ0n) is 9.77. The number of rotatable bonds is 6. The van der Waals surface area contributed by atoms with E-state index in [2.05, 4.69) is 28.2 Å². The first kappa shape index (κ1) is 14.5. The highest BCUT2D eigenvalue weighted by Crippen LogP contribution is 2.22. The highest BCUT2D eigenvalue weighted by atomic mass is 79.9. The highest BCUT2D eigenvalue weighted by Gasteiger charge is 2.13. The summed E-state index contributed by atoms with van der Waals surface area (Å²) >= 11 is 5.09. The van der Waals surface area contributed by atoms with Gasteiger partial charge >= 0.3 is 0 Å². The molecule has 0 aliphatic carbocycles. The van der Waals surface area contributed by atoms with Crippen molar-refractivity contribution in [2.75, 3.05) is 12.8 Å². The van der Waals surface area contributed by atoms with E-state index in [4.69, 9.17) is 0 Å². The molecule has 0 radical (unpaired) electrons. The van der Waals surface area contributed by atoms with Gasteiger partial charge < -0.3 is 5.32 Å². The number of halogens is 1. The Morgan fingerprint density at radius 1 is 1.59 bits per heavy atom. The summed E-state index contributed by atoms with van der Waals surface area (Å²) in [4.78, 5) is 10.5. The van der Waals surface area contributed by atoms with Crippen LogP contribution in [0, 0.1) is 10.1 Å². The third-order valence-electron chi connectivity index (χ3n) is 2.39. The molecule has 1 aromatic rings. The average Bonchev–Trinajstić information content (AvgIpc) is 2.28. The van der Waals surface area contributed by atoms with Gasteiger partial charge in [-0.1, -0.05) is 22.9 Å². The molecule has 4 nitrogen and oxygen atoms in total. The van der Waals surface area contributed by atoms with E-state index in [1.807, 2.05) is 6.26 Å². The highest BCUT2D eigenvalue weighted by molar-refractivity contribution is 9.10. The SMILES string of the molecule is CSC(C)CNCc1cc(Br)ccc1[N+](=O)[O-]. The van der Waals surface area contributed by atoms with E-state index >= 15 is 0 Å². The largest absolute Gasteiger partial charge is 0.311 e. The Kier molecular flexibility index (Phi) is 5.94. The Morgan fingerprint density at radius 3 is 2.88 bits per heavy atom. The molecule has 1 N–H and O–H groups in total. The van der Waals surface area contributed by atoms with Crippen LogP contribution >= 0.6 is 27.7 Å². The van der Waals surface area contributed by atoms with Crippen LogP contribution in [-0.4, -0.2) is 23.0 Å². The number of thioether (sulfide) groups is 1. The molecule has 1 unspecified atom stereocenters. The molecule has 0 fully saturated rings. The third kappa shape index (κ3) is 4.65. The summed E-state index contributed by atoms with van der Waals surface area (Å²) in [5.74, 6) is 0. The molecule has 0 aliphatic heterocycles. The number of nitrogens with zero attached hydrogens (tertiary/aromatic N) is 1. The molecule has 0 amide bonds. The molecule has 0 saturated carbocycles. The minimum Gasteiger partial charge on any atom is -0.311 e. The fourth-order valence-electron chi connectivity index (χ4n) is 1.37. The minimum atomic E-state index is -0.346. The second-order valence-electron chi connectivity index (χ2n) is 3.71. The van der Waals surface area contributed by atoms with E-state index in [0.717, 1.165) is 11.0 Å². The van der Waals surface area contributed by atoms with Gasteiger partial charge in [-0.2, -0.15) is 11.8 Å². The maximum absolute atomic E-state index is 10.8. The van der Waals surface area contributed by atoms with Crippen molar-refractivity contribution in [3.63, 3.8) is 0 Å². The van der Waals surface area contributed by atoms with Gasteiger partial charge in [0, 0.05) is 34.4 Å². The summed E-state index contributed by atoms with van der Waals surface area (Å²) in [6.45, 7) is 3.47. The molecule has 0 aromatic heterocycles. The van der Waals surface area contributed by atoms with Gasteiger partial charge in [0.15, 0.2) is 0 Å². The summed E-state index contributed by atoms with van der Waals surface area (Å²) in [5, 5.41) is 14.6. The van der Waals surface area contributed by atoms with Gasteiger partial charge in [-0.25, -0.2) is 0 Å². The molecule has 1 atom stereocenters. The van der Waals surface area contributed by atoms with Crippen LogP contribution in [0.15, 0.2) is 22.7 Å². The van der Waals surface area contributed by atoms with Gasteiger partial charge in [0.2, 0.25) is 0 Å². The summed E-state index contributed by atoms with van der Waals surface area (Å²) in [5.41, 5.74) is 0.871. The first-order valence-electron chi connectivity index (χ1n) is 5.21. The molecule has 0 bridgehead atoms. The molecule has 0 heterocycles. The molecular weight excluding hydrogens is 304 g/mol. The topological polar surface area (TPSA) is 55.2 Å². The van der Waals surface area contributed by atoms with E-state index in [1.165, 1.54) is 6.07 Å². The lowest BCUT2D eigenvalue weighted by Crippen LogP contribution is -2.22. The van der Waals surface area contributed by atoms with E-state index in [9.17, 15) is 10.1 Å². The smallest absolute Gasteiger partial charge is 0.273 e. The quantitative estimate of drug-likeness (QED) is 0.646. The second kappa shape index (κ2) is 6.98. The van der Waals surface area contributed by atoms with Crippen molar-refractivity contribution in [2.45, 2.75) is 18.7 Å². The van der Waals surface area contributed by atoms with Crippen molar-refractivity contribution in [2.24, 2.45) is 0 Å². The fourth-order valence-corrected chi connectivity index (χ4v) is 2.06. The first-order chi connectivity index (χ1) is 8.04. The number of hydrogen-bond donors (Lipinski definition) is 1. The van der Waals surface area contributed by atoms with Gasteiger partial charge in [0.25, 0.3) is 5.69 Å². The van der Waals surface area contributed by atoms with Crippen LogP contribution in [0.5, 0.6) is 0 Å². The molecule has 1 rings (SSSR count). The van der Waals surface area contributed by atoms with E-state index < -0.39 is 0 Å². The van der Waals surface area contributed by atoms with Crippen molar-refractivity contribution >= 4 is 33.4 Å². The first-order valence-corrected chi connectivity index (χ1v) is 7.29. The fraction of sp³-hybridized carbons (Fsp3) is 0.455. The van der Waals surface area contributed by atoms with Gasteiger partial charge in [-0.3, -0.25) is 10.1 Å². The summed E-state index contributed by atoms with van der Waals surface area (Å²) in [6.07, 6.45) is 2.05. The van der Waals surface area contributed by atoms with Gasteiger partial charge in [-0.15, -0.1) is 0 Å². The Labute approximate surface area is 113 Å². The van der Waals surface area contributed by atoms with E-state index in [0.29, 0.717) is 17.4 Å². The number of benzene rings is 1. The lowest BCUT2D eigenvalue weighted by atomic mass is 10.2. The molecule has 0 spiro atoms. The van der Waals surface area contributed by atoms with E-state index in [-0.39, 0.29) is 10.6 Å². The summed E-state index contributed by atoms with van der Waals surface area (Å²) < 4.78 is 0.859. The number of hydrogen-bond acceptors (Lipinski definition) is 4.